The molecule has 0 spiro atoms. The Labute approximate surface area is 222 Å². The number of hydrogen-bond donors (Lipinski definition) is 2. The van der Waals surface area contributed by atoms with E-state index in [0.29, 0.717) is 17.1 Å². The first-order chi connectivity index (χ1) is 17.6. The Hall–Kier alpha value is -2.41. The maximum atomic E-state index is 5.80. The van der Waals surface area contributed by atoms with Gasteiger partial charge in [0.1, 0.15) is 11.6 Å². The summed E-state index contributed by atoms with van der Waals surface area (Å²) < 4.78 is 0. The van der Waals surface area contributed by atoms with Crippen molar-refractivity contribution in [3.8, 4) is 0 Å². The molecular weight excluding hydrogens is 464 g/mol. The summed E-state index contributed by atoms with van der Waals surface area (Å²) in [6, 6.07) is 13.7. The van der Waals surface area contributed by atoms with Gasteiger partial charge in [-0.1, -0.05) is 49.6 Å². The molecular formula is C29H42N6S. The molecule has 1 saturated carbocycles. The highest BCUT2D eigenvalue weighted by atomic mass is 32.1. The van der Waals surface area contributed by atoms with Gasteiger partial charge in [0, 0.05) is 43.7 Å². The number of hydrogen-bond acceptors (Lipinski definition) is 5. The average molecular weight is 507 g/mol. The zero-order valence-electron chi connectivity index (χ0n) is 21.8. The van der Waals surface area contributed by atoms with Gasteiger partial charge in [0.05, 0.1) is 0 Å². The second-order valence-corrected chi connectivity index (χ2v) is 11.4. The van der Waals surface area contributed by atoms with Crippen molar-refractivity contribution in [1.29, 1.82) is 0 Å². The smallest absolute Gasteiger partial charge is 0.232 e. The Kier molecular flexibility index (Phi) is 8.25. The number of aromatic nitrogens is 2. The van der Waals surface area contributed by atoms with Crippen LogP contribution in [0.1, 0.15) is 83.1 Å². The molecule has 7 heteroatoms. The molecule has 1 aromatic carbocycles. The van der Waals surface area contributed by atoms with Gasteiger partial charge in [0.2, 0.25) is 5.95 Å². The van der Waals surface area contributed by atoms with Gasteiger partial charge in [0.15, 0.2) is 5.11 Å². The summed E-state index contributed by atoms with van der Waals surface area (Å²) in [6.07, 6.45) is 13.8. The molecule has 2 saturated heterocycles. The van der Waals surface area contributed by atoms with Gasteiger partial charge in [-0.3, -0.25) is 0 Å². The Morgan fingerprint density at radius 2 is 1.61 bits per heavy atom. The molecule has 2 aliphatic heterocycles. The van der Waals surface area contributed by atoms with Crippen LogP contribution >= 0.6 is 12.2 Å². The van der Waals surface area contributed by atoms with Crippen LogP contribution in [0.15, 0.2) is 36.4 Å². The van der Waals surface area contributed by atoms with Crippen LogP contribution in [0.2, 0.25) is 0 Å². The summed E-state index contributed by atoms with van der Waals surface area (Å²) in [5.41, 5.74) is 1.56. The third-order valence-corrected chi connectivity index (χ3v) is 8.73. The fourth-order valence-corrected chi connectivity index (χ4v) is 6.49. The van der Waals surface area contributed by atoms with Crippen LogP contribution in [-0.2, 0) is 5.41 Å². The molecule has 2 N–H and O–H groups in total. The third-order valence-electron chi connectivity index (χ3n) is 8.49. The van der Waals surface area contributed by atoms with Crippen LogP contribution in [0.5, 0.6) is 0 Å². The van der Waals surface area contributed by atoms with Crippen LogP contribution in [-0.4, -0.2) is 47.3 Å². The normalized spacial score (nSPS) is 22.2. The molecule has 3 aliphatic rings. The van der Waals surface area contributed by atoms with Crippen LogP contribution in [0.4, 0.5) is 17.6 Å². The highest BCUT2D eigenvalue weighted by Gasteiger charge is 2.34. The molecule has 5 rings (SSSR count). The van der Waals surface area contributed by atoms with E-state index in [4.69, 9.17) is 22.2 Å². The lowest BCUT2D eigenvalue weighted by Crippen LogP contribution is -2.44. The van der Waals surface area contributed by atoms with Gasteiger partial charge in [-0.05, 0) is 76.1 Å². The first-order valence-corrected chi connectivity index (χ1v) is 14.5. The number of piperidine rings is 2. The van der Waals surface area contributed by atoms with E-state index >= 15 is 0 Å². The van der Waals surface area contributed by atoms with Gasteiger partial charge in [0.25, 0.3) is 0 Å². The maximum Gasteiger partial charge on any atom is 0.232 e. The Morgan fingerprint density at radius 3 is 2.36 bits per heavy atom. The first-order valence-electron chi connectivity index (χ1n) is 14.1. The van der Waals surface area contributed by atoms with E-state index in [1.54, 1.807) is 0 Å². The molecule has 36 heavy (non-hydrogen) atoms. The molecule has 6 nitrogen and oxygen atoms in total. The molecule has 2 aromatic rings. The second-order valence-electron chi connectivity index (χ2n) is 11.0. The van der Waals surface area contributed by atoms with E-state index in [1.165, 1.54) is 76.2 Å². The van der Waals surface area contributed by atoms with E-state index in [-0.39, 0.29) is 5.41 Å². The highest BCUT2D eigenvalue weighted by Crippen LogP contribution is 2.39. The van der Waals surface area contributed by atoms with E-state index in [2.05, 4.69) is 63.8 Å². The van der Waals surface area contributed by atoms with Crippen molar-refractivity contribution in [3.63, 3.8) is 0 Å². The SMILES string of the molecule is C[C@@H]1CCCCN1c1cc(N2CCCCC2)nc(NC(=S)NCC2(c3ccccc3)CCCCC2)n1. The summed E-state index contributed by atoms with van der Waals surface area (Å²) >= 11 is 5.80. The molecule has 0 radical (unpaired) electrons. The monoisotopic (exact) mass is 506 g/mol. The lowest BCUT2D eigenvalue weighted by molar-refractivity contribution is 0.292. The molecule has 0 bridgehead atoms. The fraction of sp³-hybridized carbons (Fsp3) is 0.621. The number of nitrogens with one attached hydrogen (secondary N) is 2. The van der Waals surface area contributed by atoms with Crippen LogP contribution in [0.3, 0.4) is 0 Å². The number of benzene rings is 1. The lowest BCUT2D eigenvalue weighted by atomic mass is 9.69. The Morgan fingerprint density at radius 1 is 0.917 bits per heavy atom. The fourth-order valence-electron chi connectivity index (χ4n) is 6.33. The topological polar surface area (TPSA) is 56.3 Å². The summed E-state index contributed by atoms with van der Waals surface area (Å²) in [6.45, 7) is 6.33. The zero-order valence-corrected chi connectivity index (χ0v) is 22.7. The van der Waals surface area contributed by atoms with Gasteiger partial charge in [-0.25, -0.2) is 0 Å². The standard InChI is InChI=1S/C29H42N6S/c1-23-13-7-12-20-35(23)26-21-25(34-18-10-4-11-19-34)31-27(32-26)33-28(36)30-22-29(16-8-3-9-17-29)24-14-5-2-6-15-24/h2,5-6,14-15,21,23H,3-4,7-13,16-20,22H2,1H3,(H2,30,31,32,33,36)/t23-/m1/s1. The minimum Gasteiger partial charge on any atom is -0.361 e. The molecule has 0 amide bonds. The Bertz CT molecular complexity index is 1000. The Balaban J connectivity index is 1.33. The van der Waals surface area contributed by atoms with Crippen molar-refractivity contribution in [1.82, 2.24) is 15.3 Å². The first kappa shape index (κ1) is 25.2. The maximum absolute atomic E-state index is 5.80. The van der Waals surface area contributed by atoms with Crippen LogP contribution < -0.4 is 20.4 Å². The molecule has 1 atom stereocenters. The largest absolute Gasteiger partial charge is 0.361 e. The van der Waals surface area contributed by atoms with Crippen molar-refractivity contribution in [2.45, 2.75) is 89.0 Å². The van der Waals surface area contributed by atoms with Crippen molar-refractivity contribution >= 4 is 34.9 Å². The van der Waals surface area contributed by atoms with Gasteiger partial charge in [-0.15, -0.1) is 0 Å². The minimum absolute atomic E-state index is 0.135. The minimum atomic E-state index is 0.135. The molecule has 194 valence electrons. The molecule has 3 fully saturated rings. The van der Waals surface area contributed by atoms with Gasteiger partial charge in [-0.2, -0.15) is 9.97 Å². The molecule has 1 aliphatic carbocycles. The number of thiocarbonyl (C=S) groups is 1. The number of anilines is 3. The van der Waals surface area contributed by atoms with E-state index in [1.807, 2.05) is 0 Å². The predicted molar refractivity (Wildman–Crippen MR) is 154 cm³/mol. The number of rotatable bonds is 6. The zero-order chi connectivity index (χ0) is 24.8. The predicted octanol–water partition coefficient (Wildman–Crippen LogP) is 6.03. The number of nitrogens with zero attached hydrogens (tertiary/aromatic N) is 4. The van der Waals surface area contributed by atoms with Crippen molar-refractivity contribution in [2.24, 2.45) is 0 Å². The van der Waals surface area contributed by atoms with E-state index < -0.39 is 0 Å². The van der Waals surface area contributed by atoms with Gasteiger partial charge >= 0.3 is 0 Å². The van der Waals surface area contributed by atoms with Crippen molar-refractivity contribution < 1.29 is 0 Å². The van der Waals surface area contributed by atoms with E-state index in [0.717, 1.165) is 37.8 Å². The van der Waals surface area contributed by atoms with Crippen LogP contribution in [0.25, 0.3) is 0 Å². The lowest BCUT2D eigenvalue weighted by Gasteiger charge is -2.38. The van der Waals surface area contributed by atoms with E-state index in [9.17, 15) is 0 Å². The third kappa shape index (κ3) is 5.93. The summed E-state index contributed by atoms with van der Waals surface area (Å²) in [4.78, 5) is 14.8. The average Bonchev–Trinajstić information content (AvgIpc) is 2.93. The second kappa shape index (κ2) is 11.8. The highest BCUT2D eigenvalue weighted by molar-refractivity contribution is 7.80. The molecule has 3 heterocycles. The van der Waals surface area contributed by atoms with Crippen molar-refractivity contribution in [2.75, 3.05) is 41.3 Å². The quantitative estimate of drug-likeness (QED) is 0.464. The summed E-state index contributed by atoms with van der Waals surface area (Å²) in [5.74, 6) is 2.66. The van der Waals surface area contributed by atoms with Crippen LogP contribution in [0, 0.1) is 0 Å². The molecule has 1 aromatic heterocycles. The molecule has 0 unspecified atom stereocenters. The summed E-state index contributed by atoms with van der Waals surface area (Å²) in [7, 11) is 0. The van der Waals surface area contributed by atoms with Gasteiger partial charge < -0.3 is 20.4 Å². The van der Waals surface area contributed by atoms with Crippen molar-refractivity contribution in [3.05, 3.63) is 42.0 Å². The summed E-state index contributed by atoms with van der Waals surface area (Å²) in [5, 5.41) is 7.54.